The van der Waals surface area contributed by atoms with Crippen LogP contribution in [0, 0.1) is 0 Å². The molecule has 0 spiro atoms. The van der Waals surface area contributed by atoms with E-state index < -0.39 is 0 Å². The number of fused-ring (bicyclic) bond motifs is 2. The third-order valence-corrected chi connectivity index (χ3v) is 3.95. The summed E-state index contributed by atoms with van der Waals surface area (Å²) in [6, 6.07) is 8.86. The number of phenols is 1. The first-order valence-electron chi connectivity index (χ1n) is 7.08. The van der Waals surface area contributed by atoms with Gasteiger partial charge in [-0.2, -0.15) is 0 Å². The van der Waals surface area contributed by atoms with Gasteiger partial charge >= 0.3 is 0 Å². The van der Waals surface area contributed by atoms with Gasteiger partial charge in [0, 0.05) is 5.39 Å². The van der Waals surface area contributed by atoms with E-state index in [1.165, 1.54) is 0 Å². The molecule has 0 atom stereocenters. The van der Waals surface area contributed by atoms with E-state index in [0.29, 0.717) is 33.8 Å². The Kier molecular flexibility index (Phi) is 3.78. The van der Waals surface area contributed by atoms with Crippen LogP contribution in [0.5, 0.6) is 28.7 Å². The van der Waals surface area contributed by atoms with Crippen LogP contribution >= 0.6 is 0 Å². The second-order valence-corrected chi connectivity index (χ2v) is 4.99. The average molecular weight is 314 g/mol. The van der Waals surface area contributed by atoms with E-state index in [1.807, 2.05) is 12.1 Å². The molecular weight excluding hydrogens is 296 g/mol. The van der Waals surface area contributed by atoms with Gasteiger partial charge in [0.1, 0.15) is 28.7 Å². The van der Waals surface area contributed by atoms with Gasteiger partial charge in [-0.05, 0) is 18.2 Å². The van der Waals surface area contributed by atoms with Crippen LogP contribution in [0.2, 0.25) is 0 Å². The van der Waals surface area contributed by atoms with E-state index in [0.717, 1.165) is 10.8 Å². The Bertz CT molecular complexity index is 886. The predicted molar refractivity (Wildman–Crippen MR) is 89.3 cm³/mol. The summed E-state index contributed by atoms with van der Waals surface area (Å²) < 4.78 is 22.2. The Morgan fingerprint density at radius 3 is 1.74 bits per heavy atom. The molecule has 120 valence electrons. The van der Waals surface area contributed by atoms with Gasteiger partial charge in [0.2, 0.25) is 0 Å². The minimum atomic E-state index is 0.115. The maximum Gasteiger partial charge on any atom is 0.142 e. The second-order valence-electron chi connectivity index (χ2n) is 4.99. The molecule has 0 amide bonds. The molecule has 0 aromatic heterocycles. The Labute approximate surface area is 134 Å². The molecule has 0 aliphatic rings. The quantitative estimate of drug-likeness (QED) is 0.744. The lowest BCUT2D eigenvalue weighted by Gasteiger charge is -2.19. The first-order valence-corrected chi connectivity index (χ1v) is 7.08. The monoisotopic (exact) mass is 314 g/mol. The van der Waals surface area contributed by atoms with Crippen LogP contribution < -0.4 is 18.9 Å². The van der Waals surface area contributed by atoms with Gasteiger partial charge < -0.3 is 24.1 Å². The zero-order chi connectivity index (χ0) is 16.6. The molecule has 3 rings (SSSR count). The maximum atomic E-state index is 10.3. The predicted octanol–water partition coefficient (Wildman–Crippen LogP) is 3.73. The number of benzene rings is 3. The van der Waals surface area contributed by atoms with Crippen LogP contribution in [-0.4, -0.2) is 33.5 Å². The molecule has 0 aliphatic carbocycles. The van der Waals surface area contributed by atoms with E-state index in [2.05, 4.69) is 0 Å². The summed E-state index contributed by atoms with van der Waals surface area (Å²) in [7, 11) is 6.33. The van der Waals surface area contributed by atoms with E-state index >= 15 is 0 Å². The molecule has 0 fully saturated rings. The molecule has 0 saturated carbocycles. The molecule has 1 N–H and O–H groups in total. The highest BCUT2D eigenvalue weighted by Gasteiger charge is 2.23. The van der Waals surface area contributed by atoms with Crippen molar-refractivity contribution in [1.82, 2.24) is 0 Å². The Morgan fingerprint density at radius 2 is 1.22 bits per heavy atom. The highest BCUT2D eigenvalue weighted by molar-refractivity contribution is 6.16. The Hall–Kier alpha value is -2.82. The minimum Gasteiger partial charge on any atom is -0.507 e. The van der Waals surface area contributed by atoms with E-state index in [-0.39, 0.29) is 5.75 Å². The minimum absolute atomic E-state index is 0.115. The molecule has 0 bridgehead atoms. The molecule has 3 aromatic carbocycles. The fraction of sp³-hybridized carbons (Fsp3) is 0.222. The summed E-state index contributed by atoms with van der Waals surface area (Å²) in [5.74, 6) is 2.49. The van der Waals surface area contributed by atoms with Crippen molar-refractivity contribution >= 4 is 21.5 Å². The summed E-state index contributed by atoms with van der Waals surface area (Å²) in [5, 5.41) is 13.1. The van der Waals surface area contributed by atoms with E-state index in [4.69, 9.17) is 18.9 Å². The topological polar surface area (TPSA) is 57.2 Å². The smallest absolute Gasteiger partial charge is 0.142 e. The number of hydrogen-bond donors (Lipinski definition) is 1. The largest absolute Gasteiger partial charge is 0.507 e. The maximum absolute atomic E-state index is 10.3. The molecule has 23 heavy (non-hydrogen) atoms. The van der Waals surface area contributed by atoms with Gasteiger partial charge in [0.15, 0.2) is 0 Å². The molecule has 5 heteroatoms. The van der Waals surface area contributed by atoms with Crippen molar-refractivity contribution in [3.8, 4) is 28.7 Å². The highest BCUT2D eigenvalue weighted by atomic mass is 16.5. The molecule has 0 heterocycles. The van der Waals surface area contributed by atoms with Crippen molar-refractivity contribution in [3.05, 3.63) is 30.3 Å². The van der Waals surface area contributed by atoms with Crippen LogP contribution in [0.25, 0.3) is 21.5 Å². The van der Waals surface area contributed by atoms with E-state index in [1.54, 1.807) is 46.6 Å². The van der Waals surface area contributed by atoms with Crippen LogP contribution in [-0.2, 0) is 0 Å². The van der Waals surface area contributed by atoms with Gasteiger partial charge in [-0.3, -0.25) is 0 Å². The first kappa shape index (κ1) is 15.1. The average Bonchev–Trinajstić information content (AvgIpc) is 2.59. The first-order chi connectivity index (χ1) is 11.2. The van der Waals surface area contributed by atoms with Gasteiger partial charge in [0.05, 0.1) is 44.6 Å². The summed E-state index contributed by atoms with van der Waals surface area (Å²) in [5.41, 5.74) is 0. The number of methoxy groups -OCH3 is 4. The lowest BCUT2D eigenvalue weighted by Crippen LogP contribution is -1.97. The standard InChI is InChI=1S/C18H18O5/c1-20-12-8-9-13(21-2)16-15(12)17(22-3)10-6-5-7-11(19)14(10)18(16)23-4/h5-9,19H,1-4H3. The van der Waals surface area contributed by atoms with Crippen LogP contribution in [0.15, 0.2) is 30.3 Å². The number of hydrogen-bond acceptors (Lipinski definition) is 5. The molecule has 5 nitrogen and oxygen atoms in total. The lowest BCUT2D eigenvalue weighted by molar-refractivity contribution is 0.394. The Morgan fingerprint density at radius 1 is 0.652 bits per heavy atom. The highest BCUT2D eigenvalue weighted by Crippen LogP contribution is 2.51. The zero-order valence-electron chi connectivity index (χ0n) is 13.5. The molecule has 0 radical (unpaired) electrons. The fourth-order valence-electron chi connectivity index (χ4n) is 3.00. The number of aromatic hydroxyl groups is 1. The lowest BCUT2D eigenvalue weighted by atomic mass is 9.98. The van der Waals surface area contributed by atoms with Crippen LogP contribution in [0.4, 0.5) is 0 Å². The Balaban J connectivity index is 2.70. The normalized spacial score (nSPS) is 10.8. The summed E-state index contributed by atoms with van der Waals surface area (Å²) in [6.07, 6.45) is 0. The number of phenolic OH excluding ortho intramolecular Hbond substituents is 1. The van der Waals surface area contributed by atoms with Gasteiger partial charge in [-0.25, -0.2) is 0 Å². The SMILES string of the molecule is COc1ccc(OC)c2c(OC)c3c(O)cccc3c(OC)c12. The van der Waals surface area contributed by atoms with Crippen molar-refractivity contribution in [1.29, 1.82) is 0 Å². The fourth-order valence-corrected chi connectivity index (χ4v) is 3.00. The molecule has 0 unspecified atom stereocenters. The summed E-state index contributed by atoms with van der Waals surface area (Å²) >= 11 is 0. The number of ether oxygens (including phenoxy) is 4. The van der Waals surface area contributed by atoms with Crippen molar-refractivity contribution < 1.29 is 24.1 Å². The number of rotatable bonds is 4. The molecule has 0 saturated heterocycles. The van der Waals surface area contributed by atoms with Crippen LogP contribution in [0.1, 0.15) is 0 Å². The third-order valence-electron chi connectivity index (χ3n) is 3.95. The summed E-state index contributed by atoms with van der Waals surface area (Å²) in [6.45, 7) is 0. The van der Waals surface area contributed by atoms with Gasteiger partial charge in [0.25, 0.3) is 0 Å². The van der Waals surface area contributed by atoms with E-state index in [9.17, 15) is 5.11 Å². The van der Waals surface area contributed by atoms with Gasteiger partial charge in [-0.15, -0.1) is 0 Å². The van der Waals surface area contributed by atoms with Crippen molar-refractivity contribution in [2.24, 2.45) is 0 Å². The van der Waals surface area contributed by atoms with Crippen molar-refractivity contribution in [2.75, 3.05) is 28.4 Å². The zero-order valence-corrected chi connectivity index (χ0v) is 13.5. The molecule has 3 aromatic rings. The van der Waals surface area contributed by atoms with Crippen molar-refractivity contribution in [2.45, 2.75) is 0 Å². The second kappa shape index (κ2) is 5.76. The van der Waals surface area contributed by atoms with Gasteiger partial charge in [-0.1, -0.05) is 12.1 Å². The third kappa shape index (κ3) is 2.08. The van der Waals surface area contributed by atoms with Crippen LogP contribution in [0.3, 0.4) is 0 Å². The molecular formula is C18H18O5. The van der Waals surface area contributed by atoms with Crippen molar-refractivity contribution in [3.63, 3.8) is 0 Å². The summed E-state index contributed by atoms with van der Waals surface area (Å²) in [4.78, 5) is 0. The molecule has 0 aliphatic heterocycles.